The molecule has 122 valence electrons. The number of benzene rings is 2. The van der Waals surface area contributed by atoms with Gasteiger partial charge in [-0.2, -0.15) is 0 Å². The summed E-state index contributed by atoms with van der Waals surface area (Å²) in [5.41, 5.74) is 2.03. The number of carbonyl (C=O) groups excluding carboxylic acids is 1. The van der Waals surface area contributed by atoms with E-state index in [1.807, 2.05) is 48.5 Å². The summed E-state index contributed by atoms with van der Waals surface area (Å²) in [7, 11) is 0. The zero-order chi connectivity index (χ0) is 16.5. The lowest BCUT2D eigenvalue weighted by Crippen LogP contribution is -1.96. The monoisotopic (exact) mass is 328 g/mol. The van der Waals surface area contributed by atoms with Crippen molar-refractivity contribution < 1.29 is 9.53 Å². The van der Waals surface area contributed by atoms with Gasteiger partial charge in [0.1, 0.15) is 5.75 Å². The first-order chi connectivity index (χ1) is 11.2. The summed E-state index contributed by atoms with van der Waals surface area (Å²) in [5.74, 6) is 0.860. The third kappa shape index (κ3) is 5.76. The molecule has 3 heteroatoms. The van der Waals surface area contributed by atoms with Crippen molar-refractivity contribution in [3.63, 3.8) is 0 Å². The smallest absolute Gasteiger partial charge is 0.224 e. The van der Waals surface area contributed by atoms with Gasteiger partial charge in [0.05, 0.1) is 6.61 Å². The minimum atomic E-state index is 0.0766. The summed E-state index contributed by atoms with van der Waals surface area (Å²) in [6, 6.07) is 15.7. The van der Waals surface area contributed by atoms with Gasteiger partial charge in [-0.15, -0.1) is 0 Å². The maximum Gasteiger partial charge on any atom is 0.224 e. The van der Waals surface area contributed by atoms with E-state index in [9.17, 15) is 4.79 Å². The molecule has 0 spiro atoms. The molecular formula is C20H24O2S. The zero-order valence-corrected chi connectivity index (χ0v) is 14.7. The Balaban J connectivity index is 1.91. The van der Waals surface area contributed by atoms with Crippen molar-refractivity contribution in [3.05, 3.63) is 59.7 Å². The molecule has 0 aromatic heterocycles. The fourth-order valence-corrected chi connectivity index (χ4v) is 2.94. The first kappa shape index (κ1) is 17.6. The van der Waals surface area contributed by atoms with E-state index in [-0.39, 0.29) is 5.12 Å². The number of aryl methyl sites for hydroxylation is 1. The first-order valence-electron chi connectivity index (χ1n) is 8.27. The average molecular weight is 328 g/mol. The molecule has 0 aliphatic heterocycles. The van der Waals surface area contributed by atoms with Crippen LogP contribution in [-0.2, 0) is 6.42 Å². The van der Waals surface area contributed by atoms with Crippen molar-refractivity contribution in [2.75, 3.05) is 6.61 Å². The fourth-order valence-electron chi connectivity index (χ4n) is 2.20. The Hall–Kier alpha value is -1.74. The van der Waals surface area contributed by atoms with Gasteiger partial charge in [-0.25, -0.2) is 0 Å². The van der Waals surface area contributed by atoms with Crippen molar-refractivity contribution >= 4 is 16.9 Å². The van der Waals surface area contributed by atoms with E-state index in [0.717, 1.165) is 48.5 Å². The van der Waals surface area contributed by atoms with Crippen LogP contribution in [0.3, 0.4) is 0 Å². The van der Waals surface area contributed by atoms with Crippen molar-refractivity contribution in [2.45, 2.75) is 44.4 Å². The van der Waals surface area contributed by atoms with Crippen LogP contribution in [0.15, 0.2) is 53.4 Å². The summed E-state index contributed by atoms with van der Waals surface area (Å²) in [6.07, 6.45) is 4.36. The van der Waals surface area contributed by atoms with Gasteiger partial charge in [0, 0.05) is 10.5 Å². The molecule has 0 N–H and O–H groups in total. The van der Waals surface area contributed by atoms with E-state index in [1.54, 1.807) is 0 Å². The highest BCUT2D eigenvalue weighted by Gasteiger charge is 2.08. The number of thioether (sulfide) groups is 1. The summed E-state index contributed by atoms with van der Waals surface area (Å²) in [4.78, 5) is 13.3. The molecule has 0 amide bonds. The molecule has 0 radical (unpaired) electrons. The summed E-state index contributed by atoms with van der Waals surface area (Å²) >= 11 is 1.26. The summed E-state index contributed by atoms with van der Waals surface area (Å²) in [6.45, 7) is 5.04. The van der Waals surface area contributed by atoms with Gasteiger partial charge >= 0.3 is 0 Å². The van der Waals surface area contributed by atoms with Crippen molar-refractivity contribution in [1.29, 1.82) is 0 Å². The Bertz CT molecular complexity index is 603. The molecule has 0 saturated carbocycles. The predicted octanol–water partition coefficient (Wildman–Crippen LogP) is 5.75. The Morgan fingerprint density at radius 3 is 2.26 bits per heavy atom. The lowest BCUT2D eigenvalue weighted by molar-refractivity contribution is 0.108. The van der Waals surface area contributed by atoms with Crippen molar-refractivity contribution in [2.24, 2.45) is 0 Å². The maximum atomic E-state index is 12.3. The highest BCUT2D eigenvalue weighted by molar-refractivity contribution is 8.14. The number of carbonyl (C=O) groups is 1. The van der Waals surface area contributed by atoms with Gasteiger partial charge in [-0.3, -0.25) is 4.79 Å². The topological polar surface area (TPSA) is 26.3 Å². The van der Waals surface area contributed by atoms with Crippen molar-refractivity contribution in [3.8, 4) is 5.75 Å². The average Bonchev–Trinajstić information content (AvgIpc) is 2.57. The SMILES string of the molecule is CCCCOc1ccc(SC(=O)c2ccc(CCC)cc2)cc1. The van der Waals surface area contributed by atoms with Gasteiger partial charge in [0.2, 0.25) is 5.12 Å². The Morgan fingerprint density at radius 2 is 1.65 bits per heavy atom. The molecule has 2 aromatic carbocycles. The van der Waals surface area contributed by atoms with Crippen LogP contribution in [0.2, 0.25) is 0 Å². The highest BCUT2D eigenvalue weighted by Crippen LogP contribution is 2.25. The van der Waals surface area contributed by atoms with Crippen LogP contribution in [0.25, 0.3) is 0 Å². The van der Waals surface area contributed by atoms with E-state index >= 15 is 0 Å². The molecule has 0 unspecified atom stereocenters. The van der Waals surface area contributed by atoms with Crippen LogP contribution < -0.4 is 4.74 Å². The molecule has 0 aliphatic carbocycles. The number of rotatable bonds is 8. The van der Waals surface area contributed by atoms with Crippen LogP contribution in [0, 0.1) is 0 Å². The minimum absolute atomic E-state index is 0.0766. The Kier molecular flexibility index (Phi) is 7.21. The fraction of sp³-hybridized carbons (Fsp3) is 0.350. The van der Waals surface area contributed by atoms with Gasteiger partial charge in [0.25, 0.3) is 0 Å². The molecule has 0 atom stereocenters. The molecule has 2 nitrogen and oxygen atoms in total. The van der Waals surface area contributed by atoms with Gasteiger partial charge in [-0.1, -0.05) is 51.0 Å². The second kappa shape index (κ2) is 9.41. The maximum absolute atomic E-state index is 12.3. The predicted molar refractivity (Wildman–Crippen MR) is 97.5 cm³/mol. The minimum Gasteiger partial charge on any atom is -0.494 e. The van der Waals surface area contributed by atoms with Gasteiger partial charge in [0.15, 0.2) is 0 Å². The number of hydrogen-bond donors (Lipinski definition) is 0. The van der Waals surface area contributed by atoms with E-state index in [1.165, 1.54) is 17.3 Å². The number of ether oxygens (including phenoxy) is 1. The highest BCUT2D eigenvalue weighted by atomic mass is 32.2. The molecule has 0 saturated heterocycles. The summed E-state index contributed by atoms with van der Waals surface area (Å²) in [5, 5.41) is 0.0766. The van der Waals surface area contributed by atoms with Crippen LogP contribution in [-0.4, -0.2) is 11.7 Å². The molecule has 0 fully saturated rings. The molecule has 2 aromatic rings. The Morgan fingerprint density at radius 1 is 0.957 bits per heavy atom. The molecule has 23 heavy (non-hydrogen) atoms. The third-order valence-corrected chi connectivity index (χ3v) is 4.46. The standard InChI is InChI=1S/C20H24O2S/c1-3-5-15-22-18-11-13-19(14-12-18)23-20(21)17-9-7-16(6-4-2)8-10-17/h7-14H,3-6,15H2,1-2H3. The quantitative estimate of drug-likeness (QED) is 0.456. The zero-order valence-electron chi connectivity index (χ0n) is 13.9. The van der Waals surface area contributed by atoms with E-state index in [0.29, 0.717) is 0 Å². The lowest BCUT2D eigenvalue weighted by atomic mass is 10.1. The second-order valence-corrected chi connectivity index (χ2v) is 6.56. The van der Waals surface area contributed by atoms with Gasteiger partial charge < -0.3 is 4.74 Å². The van der Waals surface area contributed by atoms with E-state index in [2.05, 4.69) is 13.8 Å². The normalized spacial score (nSPS) is 10.5. The van der Waals surface area contributed by atoms with Crippen LogP contribution in [0.5, 0.6) is 5.75 Å². The Labute approximate surface area is 143 Å². The van der Waals surface area contributed by atoms with E-state index < -0.39 is 0 Å². The number of unbranched alkanes of at least 4 members (excludes halogenated alkanes) is 1. The van der Waals surface area contributed by atoms with Gasteiger partial charge in [-0.05, 0) is 54.4 Å². The largest absolute Gasteiger partial charge is 0.494 e. The van der Waals surface area contributed by atoms with E-state index in [4.69, 9.17) is 4.74 Å². The molecule has 2 rings (SSSR count). The summed E-state index contributed by atoms with van der Waals surface area (Å²) < 4.78 is 5.63. The third-order valence-electron chi connectivity index (χ3n) is 3.53. The molecule has 0 bridgehead atoms. The number of hydrogen-bond acceptors (Lipinski definition) is 3. The van der Waals surface area contributed by atoms with Crippen LogP contribution >= 0.6 is 11.8 Å². The van der Waals surface area contributed by atoms with Crippen LogP contribution in [0.1, 0.15) is 49.0 Å². The van der Waals surface area contributed by atoms with Crippen molar-refractivity contribution in [1.82, 2.24) is 0 Å². The first-order valence-corrected chi connectivity index (χ1v) is 9.08. The van der Waals surface area contributed by atoms with Crippen LogP contribution in [0.4, 0.5) is 0 Å². The lowest BCUT2D eigenvalue weighted by Gasteiger charge is -2.06. The second-order valence-electron chi connectivity index (χ2n) is 5.51. The molecule has 0 aliphatic rings. The molecule has 0 heterocycles. The molecular weight excluding hydrogens is 304 g/mol.